The van der Waals surface area contributed by atoms with E-state index in [2.05, 4.69) is 62.1 Å². The molecule has 0 radical (unpaired) electrons. The highest BCUT2D eigenvalue weighted by molar-refractivity contribution is 6.28. The van der Waals surface area contributed by atoms with Crippen molar-refractivity contribution in [1.29, 1.82) is 10.5 Å². The summed E-state index contributed by atoms with van der Waals surface area (Å²) in [7, 11) is -1.00. The molecule has 0 amide bonds. The van der Waals surface area contributed by atoms with Gasteiger partial charge in [-0.3, -0.25) is 24.2 Å². The highest BCUT2D eigenvalue weighted by atomic mass is 35.5. The number of hydrogen-bond donors (Lipinski definition) is 1. The summed E-state index contributed by atoms with van der Waals surface area (Å²) >= 11 is 5.68. The first-order valence-corrected chi connectivity index (χ1v) is 19.8. The quantitative estimate of drug-likeness (QED) is 0.150. The van der Waals surface area contributed by atoms with Gasteiger partial charge in [-0.2, -0.15) is 10.5 Å². The number of benzene rings is 2. The number of nitriles is 2. The molecule has 0 bridgehead atoms. The summed E-state index contributed by atoms with van der Waals surface area (Å²) in [6.07, 6.45) is 6.55. The molecule has 0 saturated carbocycles. The third-order valence-corrected chi connectivity index (χ3v) is 9.81. The van der Waals surface area contributed by atoms with Gasteiger partial charge in [0.1, 0.15) is 23.5 Å². The Morgan fingerprint density at radius 2 is 1.10 bits per heavy atom. The van der Waals surface area contributed by atoms with E-state index in [9.17, 15) is 18.4 Å². The molecule has 2 aliphatic rings. The topological polar surface area (TPSA) is 147 Å². The van der Waals surface area contributed by atoms with Gasteiger partial charge < -0.3 is 10.2 Å². The zero-order valence-electron chi connectivity index (χ0n) is 34.4. The summed E-state index contributed by atoms with van der Waals surface area (Å²) in [6.45, 7) is 9.33. The molecule has 0 aliphatic carbocycles. The Kier molecular flexibility index (Phi) is 17.9. The van der Waals surface area contributed by atoms with Crippen molar-refractivity contribution < 1.29 is 14.5 Å². The second kappa shape index (κ2) is 24.7. The van der Waals surface area contributed by atoms with Crippen molar-refractivity contribution in [2.24, 2.45) is 0 Å². The van der Waals surface area contributed by atoms with Crippen LogP contribution in [0.3, 0.4) is 0 Å². The minimum atomic E-state index is -1.00. The molecule has 8 rings (SSSR count). The van der Waals surface area contributed by atoms with Crippen LogP contribution < -0.4 is 10.2 Å². The van der Waals surface area contributed by atoms with Gasteiger partial charge in [-0.15, -0.1) is 0 Å². The molecule has 61 heavy (non-hydrogen) atoms. The van der Waals surface area contributed by atoms with Crippen LogP contribution in [0, 0.1) is 34.3 Å². The van der Waals surface area contributed by atoms with Crippen molar-refractivity contribution in [2.45, 2.75) is 24.9 Å². The lowest BCUT2D eigenvalue weighted by atomic mass is 10.0. The van der Waals surface area contributed by atoms with Crippen LogP contribution >= 0.6 is 11.6 Å². The molecule has 2 atom stereocenters. The van der Waals surface area contributed by atoms with Crippen LogP contribution in [0.4, 0.5) is 19.1 Å². The molecular weight excluding hydrogens is 801 g/mol. The number of halogens is 4. The van der Waals surface area contributed by atoms with E-state index in [1.54, 1.807) is 42.9 Å². The lowest BCUT2D eigenvalue weighted by Crippen LogP contribution is -2.46. The van der Waals surface area contributed by atoms with Crippen LogP contribution in [0.15, 0.2) is 122 Å². The molecule has 12 nitrogen and oxygen atoms in total. The van der Waals surface area contributed by atoms with Crippen LogP contribution in [0.1, 0.15) is 47.1 Å². The summed E-state index contributed by atoms with van der Waals surface area (Å²) in [5, 5.41) is 22.2. The Balaban J connectivity index is 0.000000185. The number of piperazine rings is 2. The van der Waals surface area contributed by atoms with Crippen LogP contribution in [-0.2, 0) is 13.1 Å². The molecule has 0 spiro atoms. The van der Waals surface area contributed by atoms with Crippen LogP contribution in [0.2, 0.25) is 5.28 Å². The van der Waals surface area contributed by atoms with E-state index < -0.39 is 19.0 Å². The molecular formula is C45H46ClF3N12. The second-order valence-electron chi connectivity index (χ2n) is 13.7. The van der Waals surface area contributed by atoms with E-state index >= 15 is 0 Å². The summed E-state index contributed by atoms with van der Waals surface area (Å²) in [5.74, 6) is -0.759. The highest BCUT2D eigenvalue weighted by Crippen LogP contribution is 2.23. The standard InChI is InChI=1S/C22H21FN6.C11H7ClN4.C11H15FN2.CH3F/c23-18-6-4-17(5-7-18)16-28-11-13-29(14-12-28)22-26-10-8-21(27-22)19(15-24)20-3-1-2-9-25-20;12-11-15-6-4-10(16-11)8(7-13)9-3-1-2-5-14-9;12-11-3-1-10(2-4-11)9-14-7-5-13-6-8-14;1-2/h1-10,19H,11-14,16H2;1-6,8H;1-4,13H,5-9H2;1H3/i;;;1D. The van der Waals surface area contributed by atoms with Gasteiger partial charge in [0.05, 0.1) is 43.4 Å². The third-order valence-electron chi connectivity index (χ3n) is 9.63. The summed E-state index contributed by atoms with van der Waals surface area (Å²) in [6, 6.07) is 32.2. The Morgan fingerprint density at radius 1 is 0.623 bits per heavy atom. The molecule has 6 heterocycles. The molecule has 6 aromatic rings. The molecule has 2 saturated heterocycles. The molecule has 2 unspecified atom stereocenters. The third kappa shape index (κ3) is 14.4. The molecule has 4 aromatic heterocycles. The Bertz CT molecular complexity index is 2290. The molecule has 2 aliphatic heterocycles. The highest BCUT2D eigenvalue weighted by Gasteiger charge is 2.22. The van der Waals surface area contributed by atoms with Gasteiger partial charge in [0.25, 0.3) is 0 Å². The first-order chi connectivity index (χ1) is 30.3. The minimum absolute atomic E-state index is 0.133. The first-order valence-electron chi connectivity index (χ1n) is 20.2. The fraction of sp³-hybridized carbons (Fsp3) is 0.289. The average molecular weight is 848 g/mol. The molecule has 16 heteroatoms. The Labute approximate surface area is 360 Å². The minimum Gasteiger partial charge on any atom is -0.338 e. The fourth-order valence-electron chi connectivity index (χ4n) is 6.52. The fourth-order valence-corrected chi connectivity index (χ4v) is 6.67. The second-order valence-corrected chi connectivity index (χ2v) is 14.0. The summed E-state index contributed by atoms with van der Waals surface area (Å²) < 4.78 is 41.2. The largest absolute Gasteiger partial charge is 0.338 e. The lowest BCUT2D eigenvalue weighted by Gasteiger charge is -2.34. The monoisotopic (exact) mass is 847 g/mol. The predicted molar refractivity (Wildman–Crippen MR) is 228 cm³/mol. The van der Waals surface area contributed by atoms with Crippen LogP contribution in [0.5, 0.6) is 0 Å². The zero-order valence-corrected chi connectivity index (χ0v) is 34.2. The SMILES string of the molecule is Fc1ccc(CN2CCNCC2)cc1.N#CC(c1ccccn1)c1ccnc(Cl)n1.N#CC(c1ccccn1)c1ccnc(N2CCN(Cc3ccc(F)cc3)CC2)n1.[2H]CF. The maximum Gasteiger partial charge on any atom is 0.225 e. The van der Waals surface area contributed by atoms with Gasteiger partial charge in [-0.25, -0.2) is 28.7 Å². The van der Waals surface area contributed by atoms with Gasteiger partial charge in [-0.1, -0.05) is 36.4 Å². The van der Waals surface area contributed by atoms with Crippen molar-refractivity contribution in [2.75, 3.05) is 64.4 Å². The zero-order chi connectivity index (χ0) is 43.9. The van der Waals surface area contributed by atoms with E-state index in [1.807, 2.05) is 48.5 Å². The van der Waals surface area contributed by atoms with Gasteiger partial charge in [0.15, 0.2) is 0 Å². The van der Waals surface area contributed by atoms with E-state index in [1.165, 1.54) is 36.0 Å². The van der Waals surface area contributed by atoms with Crippen molar-refractivity contribution in [3.63, 3.8) is 0 Å². The smallest absolute Gasteiger partial charge is 0.225 e. The maximum absolute atomic E-state index is 13.1. The average Bonchev–Trinajstić information content (AvgIpc) is 3.31. The van der Waals surface area contributed by atoms with Gasteiger partial charge in [-0.05, 0) is 83.4 Å². The first kappa shape index (κ1) is 44.2. The Hall–Kier alpha value is -6.36. The summed E-state index contributed by atoms with van der Waals surface area (Å²) in [5.41, 5.74) is 4.84. The normalized spacial score (nSPS) is 15.0. The number of aromatic nitrogens is 6. The number of nitrogens with zero attached hydrogens (tertiary/aromatic N) is 11. The number of nitrogens with one attached hydrogen (secondary N) is 1. The van der Waals surface area contributed by atoms with Crippen molar-refractivity contribution in [1.82, 2.24) is 45.0 Å². The number of pyridine rings is 2. The van der Waals surface area contributed by atoms with Crippen LogP contribution in [0.25, 0.3) is 0 Å². The molecule has 1 N–H and O–H groups in total. The van der Waals surface area contributed by atoms with E-state index in [-0.39, 0.29) is 16.9 Å². The van der Waals surface area contributed by atoms with Crippen molar-refractivity contribution in [3.8, 4) is 12.1 Å². The Morgan fingerprint density at radius 3 is 1.56 bits per heavy atom. The maximum atomic E-state index is 13.1. The summed E-state index contributed by atoms with van der Waals surface area (Å²) in [4.78, 5) is 32.1. The van der Waals surface area contributed by atoms with E-state index in [4.69, 9.17) is 18.2 Å². The van der Waals surface area contributed by atoms with Crippen molar-refractivity contribution in [3.05, 3.63) is 173 Å². The number of rotatable bonds is 9. The van der Waals surface area contributed by atoms with Gasteiger partial charge >= 0.3 is 0 Å². The van der Waals surface area contributed by atoms with Crippen molar-refractivity contribution >= 4 is 17.5 Å². The van der Waals surface area contributed by atoms with E-state index in [0.29, 0.717) is 28.7 Å². The predicted octanol–water partition coefficient (Wildman–Crippen LogP) is 6.99. The number of hydrogen-bond acceptors (Lipinski definition) is 12. The number of anilines is 1. The molecule has 2 fully saturated rings. The molecule has 2 aromatic carbocycles. The van der Waals surface area contributed by atoms with E-state index in [0.717, 1.165) is 71.0 Å². The lowest BCUT2D eigenvalue weighted by molar-refractivity contribution is 0.233. The van der Waals surface area contributed by atoms with Crippen LogP contribution in [-0.4, -0.2) is 99.2 Å². The molecule has 314 valence electrons. The van der Waals surface area contributed by atoms with Gasteiger partial charge in [0, 0.05) is 90.2 Å². The van der Waals surface area contributed by atoms with Gasteiger partial charge in [0.2, 0.25) is 11.2 Å². The number of alkyl halides is 1.